The molecule has 1 saturated heterocycles. The van der Waals surface area contributed by atoms with Crippen molar-refractivity contribution in [2.75, 3.05) is 32.7 Å². The summed E-state index contributed by atoms with van der Waals surface area (Å²) >= 11 is 0. The van der Waals surface area contributed by atoms with Crippen molar-refractivity contribution >= 4 is 5.91 Å². The number of rotatable bonds is 5. The lowest BCUT2D eigenvalue weighted by Gasteiger charge is -2.31. The minimum Gasteiger partial charge on any atom is -0.355 e. The van der Waals surface area contributed by atoms with Crippen LogP contribution < -0.4 is 11.1 Å². The molecule has 0 radical (unpaired) electrons. The van der Waals surface area contributed by atoms with Crippen LogP contribution in [0.5, 0.6) is 0 Å². The van der Waals surface area contributed by atoms with Gasteiger partial charge in [-0.2, -0.15) is 0 Å². The Bertz CT molecular complexity index is 218. The highest BCUT2D eigenvalue weighted by molar-refractivity contribution is 5.78. The van der Waals surface area contributed by atoms with Gasteiger partial charge in [-0.05, 0) is 37.8 Å². The van der Waals surface area contributed by atoms with Crippen molar-refractivity contribution < 1.29 is 4.79 Å². The standard InChI is InChI=1S/C12H25N3O/c1-10(2)7-14-12(16)9-15-5-3-4-11(6-13)8-15/h10-11H,3-9,13H2,1-2H3,(H,14,16). The Morgan fingerprint density at radius 2 is 2.31 bits per heavy atom. The number of nitrogens with zero attached hydrogens (tertiary/aromatic N) is 1. The molecule has 0 aromatic heterocycles. The summed E-state index contributed by atoms with van der Waals surface area (Å²) in [5.74, 6) is 1.24. The second kappa shape index (κ2) is 6.86. The molecule has 3 N–H and O–H groups in total. The molecular weight excluding hydrogens is 202 g/mol. The van der Waals surface area contributed by atoms with E-state index in [1.807, 2.05) is 0 Å². The third kappa shape index (κ3) is 4.94. The highest BCUT2D eigenvalue weighted by Crippen LogP contribution is 2.14. The van der Waals surface area contributed by atoms with Crippen molar-refractivity contribution in [3.05, 3.63) is 0 Å². The van der Waals surface area contributed by atoms with E-state index < -0.39 is 0 Å². The summed E-state index contributed by atoms with van der Waals surface area (Å²) in [7, 11) is 0. The Kier molecular flexibility index (Phi) is 5.77. The van der Waals surface area contributed by atoms with Crippen LogP contribution in [-0.4, -0.2) is 43.5 Å². The van der Waals surface area contributed by atoms with Crippen LogP contribution in [0.1, 0.15) is 26.7 Å². The molecule has 1 rings (SSSR count). The van der Waals surface area contributed by atoms with E-state index in [1.54, 1.807) is 0 Å². The van der Waals surface area contributed by atoms with E-state index in [1.165, 1.54) is 12.8 Å². The van der Waals surface area contributed by atoms with E-state index in [0.29, 0.717) is 18.4 Å². The maximum absolute atomic E-state index is 11.6. The number of hydrogen-bond donors (Lipinski definition) is 2. The number of nitrogens with two attached hydrogens (primary N) is 1. The molecule has 1 unspecified atom stereocenters. The van der Waals surface area contributed by atoms with Crippen molar-refractivity contribution in [1.29, 1.82) is 0 Å². The lowest BCUT2D eigenvalue weighted by Crippen LogP contribution is -2.44. The SMILES string of the molecule is CC(C)CNC(=O)CN1CCCC(CN)C1. The highest BCUT2D eigenvalue weighted by atomic mass is 16.2. The van der Waals surface area contributed by atoms with Gasteiger partial charge in [0.2, 0.25) is 5.91 Å². The summed E-state index contributed by atoms with van der Waals surface area (Å²) in [6, 6.07) is 0. The number of piperidine rings is 1. The van der Waals surface area contributed by atoms with E-state index in [-0.39, 0.29) is 5.91 Å². The van der Waals surface area contributed by atoms with Crippen molar-refractivity contribution in [2.24, 2.45) is 17.6 Å². The van der Waals surface area contributed by atoms with Gasteiger partial charge < -0.3 is 11.1 Å². The van der Waals surface area contributed by atoms with Crippen LogP contribution in [0.2, 0.25) is 0 Å². The normalized spacial score (nSPS) is 22.4. The number of carbonyl (C=O) groups excluding carboxylic acids is 1. The third-order valence-corrected chi connectivity index (χ3v) is 3.01. The molecule has 1 aliphatic rings. The molecule has 4 nitrogen and oxygen atoms in total. The zero-order valence-electron chi connectivity index (χ0n) is 10.5. The minimum atomic E-state index is 0.145. The lowest BCUT2D eigenvalue weighted by atomic mass is 9.98. The number of nitrogens with one attached hydrogen (secondary N) is 1. The van der Waals surface area contributed by atoms with Crippen molar-refractivity contribution in [1.82, 2.24) is 10.2 Å². The average Bonchev–Trinajstić information content (AvgIpc) is 2.26. The number of carbonyl (C=O) groups is 1. The Morgan fingerprint density at radius 1 is 1.56 bits per heavy atom. The molecule has 0 saturated carbocycles. The predicted octanol–water partition coefficient (Wildman–Crippen LogP) is 0.429. The van der Waals surface area contributed by atoms with Gasteiger partial charge in [0.1, 0.15) is 0 Å². The van der Waals surface area contributed by atoms with Gasteiger partial charge in [0.15, 0.2) is 0 Å². The predicted molar refractivity (Wildman–Crippen MR) is 66.1 cm³/mol. The second-order valence-electron chi connectivity index (χ2n) is 5.18. The summed E-state index contributed by atoms with van der Waals surface area (Å²) in [6.07, 6.45) is 2.37. The van der Waals surface area contributed by atoms with Gasteiger partial charge in [0.25, 0.3) is 0 Å². The van der Waals surface area contributed by atoms with Crippen LogP contribution in [0.15, 0.2) is 0 Å². The first-order valence-corrected chi connectivity index (χ1v) is 6.31. The molecule has 0 aromatic carbocycles. The quantitative estimate of drug-likeness (QED) is 0.716. The van der Waals surface area contributed by atoms with E-state index >= 15 is 0 Å². The molecule has 0 aromatic rings. The monoisotopic (exact) mass is 227 g/mol. The fourth-order valence-electron chi connectivity index (χ4n) is 2.06. The third-order valence-electron chi connectivity index (χ3n) is 3.01. The smallest absolute Gasteiger partial charge is 0.234 e. The van der Waals surface area contributed by atoms with Crippen molar-refractivity contribution in [3.63, 3.8) is 0 Å². The molecule has 16 heavy (non-hydrogen) atoms. The zero-order chi connectivity index (χ0) is 12.0. The summed E-state index contributed by atoms with van der Waals surface area (Å²) in [4.78, 5) is 13.8. The van der Waals surface area contributed by atoms with E-state index in [9.17, 15) is 4.79 Å². The van der Waals surface area contributed by atoms with Crippen LogP contribution in [-0.2, 0) is 4.79 Å². The Balaban J connectivity index is 2.22. The zero-order valence-corrected chi connectivity index (χ0v) is 10.5. The molecule has 1 fully saturated rings. The fraction of sp³-hybridized carbons (Fsp3) is 0.917. The molecule has 1 aliphatic heterocycles. The molecule has 1 heterocycles. The molecule has 0 aliphatic carbocycles. The first kappa shape index (κ1) is 13.5. The molecule has 1 atom stereocenters. The van der Waals surface area contributed by atoms with Gasteiger partial charge in [0.05, 0.1) is 6.54 Å². The molecular formula is C12H25N3O. The fourth-order valence-corrected chi connectivity index (χ4v) is 2.06. The van der Waals surface area contributed by atoms with E-state index in [4.69, 9.17) is 5.73 Å². The largest absolute Gasteiger partial charge is 0.355 e. The summed E-state index contributed by atoms with van der Waals surface area (Å²) < 4.78 is 0. The summed E-state index contributed by atoms with van der Waals surface area (Å²) in [5, 5.41) is 2.95. The molecule has 1 amide bonds. The number of hydrogen-bond acceptors (Lipinski definition) is 3. The van der Waals surface area contributed by atoms with Crippen LogP contribution in [0, 0.1) is 11.8 Å². The van der Waals surface area contributed by atoms with Crippen LogP contribution >= 0.6 is 0 Å². The highest BCUT2D eigenvalue weighted by Gasteiger charge is 2.20. The van der Waals surface area contributed by atoms with Gasteiger partial charge in [-0.25, -0.2) is 0 Å². The van der Waals surface area contributed by atoms with Gasteiger partial charge in [0, 0.05) is 13.1 Å². The Hall–Kier alpha value is -0.610. The lowest BCUT2D eigenvalue weighted by molar-refractivity contribution is -0.122. The molecule has 94 valence electrons. The van der Waals surface area contributed by atoms with Crippen LogP contribution in [0.25, 0.3) is 0 Å². The Morgan fingerprint density at radius 3 is 2.94 bits per heavy atom. The minimum absolute atomic E-state index is 0.145. The van der Waals surface area contributed by atoms with Crippen LogP contribution in [0.3, 0.4) is 0 Å². The van der Waals surface area contributed by atoms with E-state index in [0.717, 1.165) is 26.2 Å². The van der Waals surface area contributed by atoms with Crippen molar-refractivity contribution in [3.8, 4) is 0 Å². The van der Waals surface area contributed by atoms with Gasteiger partial charge >= 0.3 is 0 Å². The average molecular weight is 227 g/mol. The van der Waals surface area contributed by atoms with Gasteiger partial charge in [-0.3, -0.25) is 9.69 Å². The summed E-state index contributed by atoms with van der Waals surface area (Å²) in [6.45, 7) is 8.26. The second-order valence-corrected chi connectivity index (χ2v) is 5.18. The molecule has 4 heteroatoms. The van der Waals surface area contributed by atoms with Gasteiger partial charge in [-0.1, -0.05) is 13.8 Å². The van der Waals surface area contributed by atoms with Gasteiger partial charge in [-0.15, -0.1) is 0 Å². The maximum atomic E-state index is 11.6. The maximum Gasteiger partial charge on any atom is 0.234 e. The molecule has 0 bridgehead atoms. The number of amides is 1. The number of likely N-dealkylation sites (tertiary alicyclic amines) is 1. The molecule has 0 spiro atoms. The summed E-state index contributed by atoms with van der Waals surface area (Å²) in [5.41, 5.74) is 5.67. The first-order chi connectivity index (χ1) is 7.61. The first-order valence-electron chi connectivity index (χ1n) is 6.31. The Labute approximate surface area is 98.6 Å². The van der Waals surface area contributed by atoms with Crippen molar-refractivity contribution in [2.45, 2.75) is 26.7 Å². The van der Waals surface area contributed by atoms with Crippen LogP contribution in [0.4, 0.5) is 0 Å². The van der Waals surface area contributed by atoms with E-state index in [2.05, 4.69) is 24.1 Å². The topological polar surface area (TPSA) is 58.4 Å².